The molecule has 0 saturated heterocycles. The molecule has 0 atom stereocenters. The van der Waals surface area contributed by atoms with Crippen LogP contribution in [0.2, 0.25) is 5.02 Å². The molecule has 0 saturated carbocycles. The van der Waals surface area contributed by atoms with E-state index >= 15 is 0 Å². The van der Waals surface area contributed by atoms with Crippen molar-refractivity contribution in [2.75, 3.05) is 17.3 Å². The van der Waals surface area contributed by atoms with E-state index in [0.717, 1.165) is 27.1 Å². The summed E-state index contributed by atoms with van der Waals surface area (Å²) in [6, 6.07) is 11.5. The Morgan fingerprint density at radius 2 is 1.96 bits per heavy atom. The van der Waals surface area contributed by atoms with Crippen molar-refractivity contribution in [3.63, 3.8) is 0 Å². The number of benzene rings is 2. The molecular formula is C17H16BrClN2O2. The maximum Gasteiger partial charge on any atom is 0.414 e. The Bertz CT molecular complexity index is 792. The number of hydrogen-bond donors (Lipinski definition) is 1. The van der Waals surface area contributed by atoms with Gasteiger partial charge in [0.25, 0.3) is 0 Å². The zero-order chi connectivity index (χ0) is 16.8. The smallest absolute Gasteiger partial charge is 0.414 e. The van der Waals surface area contributed by atoms with Crippen LogP contribution in [-0.2, 0) is 10.3 Å². The zero-order valence-electron chi connectivity index (χ0n) is 13.0. The van der Waals surface area contributed by atoms with Gasteiger partial charge in [0.05, 0.1) is 16.4 Å². The second-order valence-electron chi connectivity index (χ2n) is 5.92. The topological polar surface area (TPSA) is 41.6 Å². The lowest BCUT2D eigenvalue weighted by Gasteiger charge is -2.37. The Labute approximate surface area is 148 Å². The van der Waals surface area contributed by atoms with Gasteiger partial charge in [0.15, 0.2) is 0 Å². The summed E-state index contributed by atoms with van der Waals surface area (Å²) in [5.41, 5.74) is 2.80. The third-order valence-electron chi connectivity index (χ3n) is 3.83. The molecule has 0 fully saturated rings. The molecular weight excluding hydrogens is 380 g/mol. The minimum atomic E-state index is -0.680. The lowest BCUT2D eigenvalue weighted by molar-refractivity contribution is 0.0362. The van der Waals surface area contributed by atoms with Gasteiger partial charge in [-0.25, -0.2) is 4.79 Å². The highest BCUT2D eigenvalue weighted by Gasteiger charge is 2.36. The van der Waals surface area contributed by atoms with Gasteiger partial charge in [-0.15, -0.1) is 0 Å². The molecule has 120 valence electrons. The molecule has 0 aliphatic carbocycles. The Hall–Kier alpha value is -1.72. The number of carbonyl (C=O) groups excluding carboxylic acids is 1. The zero-order valence-corrected chi connectivity index (χ0v) is 15.3. The van der Waals surface area contributed by atoms with Crippen LogP contribution in [0.3, 0.4) is 0 Å². The van der Waals surface area contributed by atoms with Gasteiger partial charge in [-0.2, -0.15) is 0 Å². The van der Waals surface area contributed by atoms with Crippen molar-refractivity contribution in [2.24, 2.45) is 0 Å². The van der Waals surface area contributed by atoms with Crippen molar-refractivity contribution >= 4 is 50.7 Å². The predicted molar refractivity (Wildman–Crippen MR) is 96.8 cm³/mol. The number of ether oxygens (including phenoxy) is 1. The molecule has 1 heterocycles. The van der Waals surface area contributed by atoms with Crippen molar-refractivity contribution in [1.82, 2.24) is 0 Å². The Morgan fingerprint density at radius 3 is 2.65 bits per heavy atom. The van der Waals surface area contributed by atoms with Crippen LogP contribution in [0.1, 0.15) is 19.4 Å². The van der Waals surface area contributed by atoms with Gasteiger partial charge in [0, 0.05) is 22.8 Å². The second-order valence-corrected chi connectivity index (χ2v) is 7.24. The fourth-order valence-corrected chi connectivity index (χ4v) is 3.30. The summed E-state index contributed by atoms with van der Waals surface area (Å²) in [6.45, 7) is 3.76. The lowest BCUT2D eigenvalue weighted by Crippen LogP contribution is -2.41. The minimum absolute atomic E-state index is 0.348. The third-order valence-corrected chi connectivity index (χ3v) is 4.64. The molecule has 0 bridgehead atoms. The van der Waals surface area contributed by atoms with Gasteiger partial charge in [-0.1, -0.05) is 27.5 Å². The lowest BCUT2D eigenvalue weighted by atomic mass is 9.93. The molecule has 1 amide bonds. The summed E-state index contributed by atoms with van der Waals surface area (Å²) >= 11 is 9.64. The van der Waals surface area contributed by atoms with Crippen LogP contribution >= 0.6 is 27.5 Å². The van der Waals surface area contributed by atoms with E-state index in [4.69, 9.17) is 16.3 Å². The summed E-state index contributed by atoms with van der Waals surface area (Å²) in [5.74, 6) is 0. The summed E-state index contributed by atoms with van der Waals surface area (Å²) in [4.78, 5) is 13.4. The van der Waals surface area contributed by atoms with Gasteiger partial charge in [0.2, 0.25) is 0 Å². The average molecular weight is 396 g/mol. The van der Waals surface area contributed by atoms with E-state index < -0.39 is 5.60 Å². The summed E-state index contributed by atoms with van der Waals surface area (Å²) in [5, 5.41) is 3.93. The highest BCUT2D eigenvalue weighted by atomic mass is 79.9. The SMILES string of the molecule is CN1C(=O)OC(C)(C)c2cc(Nc3ccc(Br)cc3Cl)ccc21. The van der Waals surface area contributed by atoms with E-state index in [0.29, 0.717) is 5.02 Å². The molecule has 1 aliphatic heterocycles. The predicted octanol–water partition coefficient (Wildman–Crippen LogP) is 5.67. The van der Waals surface area contributed by atoms with Crippen LogP contribution in [0.4, 0.5) is 21.9 Å². The van der Waals surface area contributed by atoms with E-state index in [9.17, 15) is 4.79 Å². The molecule has 4 nitrogen and oxygen atoms in total. The number of nitrogens with zero attached hydrogens (tertiary/aromatic N) is 1. The van der Waals surface area contributed by atoms with Crippen LogP contribution in [0.25, 0.3) is 0 Å². The van der Waals surface area contributed by atoms with E-state index in [1.54, 1.807) is 7.05 Å². The Kier molecular flexibility index (Phi) is 4.02. The average Bonchev–Trinajstić information content (AvgIpc) is 2.48. The number of cyclic esters (lactones) is 1. The van der Waals surface area contributed by atoms with Crippen molar-refractivity contribution in [3.05, 3.63) is 51.5 Å². The van der Waals surface area contributed by atoms with Crippen molar-refractivity contribution in [3.8, 4) is 0 Å². The van der Waals surface area contributed by atoms with Crippen LogP contribution in [0, 0.1) is 0 Å². The molecule has 2 aromatic carbocycles. The van der Waals surface area contributed by atoms with Crippen LogP contribution in [0.5, 0.6) is 0 Å². The number of anilines is 3. The normalized spacial score (nSPS) is 15.9. The van der Waals surface area contributed by atoms with E-state index in [-0.39, 0.29) is 6.09 Å². The maximum absolute atomic E-state index is 11.9. The second kappa shape index (κ2) is 5.73. The molecule has 3 rings (SSSR count). The molecule has 0 unspecified atom stereocenters. The standard InChI is InChI=1S/C17H16BrClN2O2/c1-17(2)12-9-11(5-7-15(12)21(3)16(22)23-17)20-14-6-4-10(18)8-13(14)19/h4-9,20H,1-3H3. The van der Waals surface area contributed by atoms with Crippen LogP contribution in [-0.4, -0.2) is 13.1 Å². The van der Waals surface area contributed by atoms with Gasteiger partial charge >= 0.3 is 6.09 Å². The first-order valence-corrected chi connectivity index (χ1v) is 8.28. The molecule has 6 heteroatoms. The quantitative estimate of drug-likeness (QED) is 0.712. The molecule has 23 heavy (non-hydrogen) atoms. The Balaban J connectivity index is 1.99. The number of carbonyl (C=O) groups is 1. The van der Waals surface area contributed by atoms with Gasteiger partial charge in [-0.05, 0) is 50.2 Å². The summed E-state index contributed by atoms with van der Waals surface area (Å²) in [6.07, 6.45) is -0.348. The number of amides is 1. The van der Waals surface area contributed by atoms with Gasteiger partial charge < -0.3 is 10.1 Å². The molecule has 1 aliphatic rings. The number of rotatable bonds is 2. The third kappa shape index (κ3) is 3.03. The van der Waals surface area contributed by atoms with E-state index in [1.165, 1.54) is 4.90 Å². The van der Waals surface area contributed by atoms with Crippen molar-refractivity contribution < 1.29 is 9.53 Å². The fraction of sp³-hybridized carbons (Fsp3) is 0.235. The van der Waals surface area contributed by atoms with E-state index in [2.05, 4.69) is 21.2 Å². The Morgan fingerprint density at radius 1 is 1.22 bits per heavy atom. The molecule has 1 N–H and O–H groups in total. The summed E-state index contributed by atoms with van der Waals surface area (Å²) < 4.78 is 6.41. The van der Waals surface area contributed by atoms with Gasteiger partial charge in [-0.3, -0.25) is 4.90 Å². The van der Waals surface area contributed by atoms with Crippen molar-refractivity contribution in [2.45, 2.75) is 19.4 Å². The summed E-state index contributed by atoms with van der Waals surface area (Å²) in [7, 11) is 1.70. The van der Waals surface area contributed by atoms with E-state index in [1.807, 2.05) is 50.2 Å². The first-order valence-electron chi connectivity index (χ1n) is 7.11. The highest BCUT2D eigenvalue weighted by molar-refractivity contribution is 9.10. The number of fused-ring (bicyclic) bond motifs is 1. The van der Waals surface area contributed by atoms with Crippen LogP contribution < -0.4 is 10.2 Å². The monoisotopic (exact) mass is 394 g/mol. The molecule has 0 radical (unpaired) electrons. The minimum Gasteiger partial charge on any atom is -0.438 e. The van der Waals surface area contributed by atoms with Gasteiger partial charge in [0.1, 0.15) is 5.60 Å². The molecule has 0 aromatic heterocycles. The number of halogens is 2. The molecule has 0 spiro atoms. The first kappa shape index (κ1) is 16.1. The number of nitrogens with one attached hydrogen (secondary N) is 1. The highest BCUT2D eigenvalue weighted by Crippen LogP contribution is 2.40. The van der Waals surface area contributed by atoms with Crippen LogP contribution in [0.15, 0.2) is 40.9 Å². The molecule has 2 aromatic rings. The maximum atomic E-state index is 11.9. The largest absolute Gasteiger partial charge is 0.438 e. The fourth-order valence-electron chi connectivity index (χ4n) is 2.57. The number of hydrogen-bond acceptors (Lipinski definition) is 3. The van der Waals surface area contributed by atoms with Crippen molar-refractivity contribution in [1.29, 1.82) is 0 Å². The first-order chi connectivity index (χ1) is 10.8.